The summed E-state index contributed by atoms with van der Waals surface area (Å²) in [4.78, 5) is 14.0. The number of amides is 1. The van der Waals surface area contributed by atoms with E-state index in [-0.39, 0.29) is 11.9 Å². The summed E-state index contributed by atoms with van der Waals surface area (Å²) in [6, 6.07) is 3.81. The number of hydrogen-bond donors (Lipinski definition) is 2. The monoisotopic (exact) mass is 311 g/mol. The minimum Gasteiger partial charge on any atom is -0.374 e. The molecule has 1 aromatic rings. The van der Waals surface area contributed by atoms with E-state index in [1.54, 1.807) is 7.05 Å². The molecule has 0 radical (unpaired) electrons. The van der Waals surface area contributed by atoms with Gasteiger partial charge in [0.05, 0.1) is 5.69 Å². The van der Waals surface area contributed by atoms with Crippen LogP contribution in [0, 0.1) is 0 Å². The molecule has 0 fully saturated rings. The van der Waals surface area contributed by atoms with E-state index in [0.717, 1.165) is 34.4 Å². The van der Waals surface area contributed by atoms with E-state index in [9.17, 15) is 4.79 Å². The minimum atomic E-state index is -0.248. The van der Waals surface area contributed by atoms with Gasteiger partial charge in [-0.05, 0) is 41.5 Å². The summed E-state index contributed by atoms with van der Waals surface area (Å²) in [5.74, 6) is 0.00898. The van der Waals surface area contributed by atoms with E-state index in [0.29, 0.717) is 0 Å². The number of carbonyl (C=O) groups excluding carboxylic acids is 1. The van der Waals surface area contributed by atoms with Gasteiger partial charge < -0.3 is 15.5 Å². The average Bonchev–Trinajstić information content (AvgIpc) is 2.63. The smallest absolute Gasteiger partial charge is 0.246 e. The Labute approximate surface area is 116 Å². The fraction of sp³-hybridized carbons (Fsp3) is 0.462. The molecule has 1 amide bonds. The van der Waals surface area contributed by atoms with Crippen LogP contribution in [0.15, 0.2) is 16.6 Å². The molecule has 1 unspecified atom stereocenters. The lowest BCUT2D eigenvalue weighted by Crippen LogP contribution is -2.23. The summed E-state index contributed by atoms with van der Waals surface area (Å²) in [6.45, 7) is 3.14. The van der Waals surface area contributed by atoms with Crippen LogP contribution in [0.25, 0.3) is 0 Å². The van der Waals surface area contributed by atoms with Crippen molar-refractivity contribution < 1.29 is 4.79 Å². The second-order valence-electron chi connectivity index (χ2n) is 4.52. The van der Waals surface area contributed by atoms with E-state index < -0.39 is 0 Å². The third kappa shape index (κ3) is 2.24. The van der Waals surface area contributed by atoms with Crippen molar-refractivity contribution in [3.05, 3.63) is 22.2 Å². The van der Waals surface area contributed by atoms with Gasteiger partial charge in [0.15, 0.2) is 0 Å². The summed E-state index contributed by atoms with van der Waals surface area (Å²) < 4.78 is 1.02. The second-order valence-corrected chi connectivity index (χ2v) is 5.38. The second kappa shape index (κ2) is 5.28. The Morgan fingerprint density at radius 3 is 2.83 bits per heavy atom. The van der Waals surface area contributed by atoms with Gasteiger partial charge in [0.1, 0.15) is 6.04 Å². The molecule has 0 saturated carbocycles. The van der Waals surface area contributed by atoms with Crippen molar-refractivity contribution >= 4 is 33.2 Å². The molecule has 0 saturated heterocycles. The van der Waals surface area contributed by atoms with E-state index in [1.807, 2.05) is 12.1 Å². The molecule has 0 aromatic heterocycles. The predicted molar refractivity (Wildman–Crippen MR) is 78.1 cm³/mol. The molecule has 4 nitrogen and oxygen atoms in total. The standard InChI is InChI=1S/C13H18BrN3O/c1-4-5-17(3)11-7-10-8(6-9(11)14)12(15-2)13(18)16-10/h6-7,12,15H,4-5H2,1-3H3,(H,16,18). The van der Waals surface area contributed by atoms with E-state index in [2.05, 4.69) is 45.4 Å². The molecule has 1 atom stereocenters. The van der Waals surface area contributed by atoms with E-state index >= 15 is 0 Å². The number of benzene rings is 1. The minimum absolute atomic E-state index is 0.00898. The average molecular weight is 312 g/mol. The molecule has 98 valence electrons. The van der Waals surface area contributed by atoms with Gasteiger partial charge in [0.2, 0.25) is 5.91 Å². The molecule has 0 spiro atoms. The maximum atomic E-state index is 11.8. The third-order valence-electron chi connectivity index (χ3n) is 3.21. The summed E-state index contributed by atoms with van der Waals surface area (Å²) in [5.41, 5.74) is 3.01. The van der Waals surface area contributed by atoms with Gasteiger partial charge in [0.25, 0.3) is 0 Å². The zero-order valence-electron chi connectivity index (χ0n) is 10.9. The molecule has 18 heavy (non-hydrogen) atoms. The number of nitrogens with one attached hydrogen (secondary N) is 2. The lowest BCUT2D eigenvalue weighted by Gasteiger charge is -2.21. The molecule has 1 aliphatic heterocycles. The Hall–Kier alpha value is -1.07. The zero-order chi connectivity index (χ0) is 13.3. The summed E-state index contributed by atoms with van der Waals surface area (Å²) in [5, 5.41) is 5.94. The highest BCUT2D eigenvalue weighted by Crippen LogP contribution is 2.38. The molecular formula is C13H18BrN3O. The third-order valence-corrected chi connectivity index (χ3v) is 3.84. The van der Waals surface area contributed by atoms with E-state index in [4.69, 9.17) is 0 Å². The first kappa shape index (κ1) is 13.4. The van der Waals surface area contributed by atoms with Crippen LogP contribution < -0.4 is 15.5 Å². The first-order valence-electron chi connectivity index (χ1n) is 6.11. The number of rotatable bonds is 4. The molecule has 1 heterocycles. The van der Waals surface area contributed by atoms with Crippen molar-refractivity contribution in [1.29, 1.82) is 0 Å². The number of fused-ring (bicyclic) bond motifs is 1. The number of carbonyl (C=O) groups is 1. The highest BCUT2D eigenvalue weighted by atomic mass is 79.9. The Balaban J connectivity index is 2.39. The zero-order valence-corrected chi connectivity index (χ0v) is 12.5. The van der Waals surface area contributed by atoms with Gasteiger partial charge in [0, 0.05) is 29.3 Å². The number of anilines is 2. The van der Waals surface area contributed by atoms with Crippen molar-refractivity contribution in [2.75, 3.05) is 30.9 Å². The Morgan fingerprint density at radius 2 is 2.22 bits per heavy atom. The molecule has 0 aliphatic carbocycles. The summed E-state index contributed by atoms with van der Waals surface area (Å²) in [7, 11) is 3.85. The van der Waals surface area contributed by atoms with Crippen LogP contribution >= 0.6 is 15.9 Å². The maximum Gasteiger partial charge on any atom is 0.246 e. The van der Waals surface area contributed by atoms with E-state index in [1.165, 1.54) is 0 Å². The normalized spacial score (nSPS) is 17.6. The van der Waals surface area contributed by atoms with Crippen molar-refractivity contribution in [2.45, 2.75) is 19.4 Å². The van der Waals surface area contributed by atoms with Crippen LogP contribution in [0.4, 0.5) is 11.4 Å². The topological polar surface area (TPSA) is 44.4 Å². The first-order valence-corrected chi connectivity index (χ1v) is 6.90. The van der Waals surface area contributed by atoms with Gasteiger partial charge in [-0.3, -0.25) is 4.79 Å². The largest absolute Gasteiger partial charge is 0.374 e. The molecule has 1 aromatic carbocycles. The van der Waals surface area contributed by atoms with Crippen molar-refractivity contribution in [3.8, 4) is 0 Å². The van der Waals surface area contributed by atoms with Gasteiger partial charge in [-0.1, -0.05) is 6.92 Å². The van der Waals surface area contributed by atoms with Crippen molar-refractivity contribution in [3.63, 3.8) is 0 Å². The fourth-order valence-corrected chi connectivity index (χ4v) is 2.97. The van der Waals surface area contributed by atoms with Crippen LogP contribution in [0.2, 0.25) is 0 Å². The van der Waals surface area contributed by atoms with Crippen LogP contribution in [0.5, 0.6) is 0 Å². The Morgan fingerprint density at radius 1 is 1.50 bits per heavy atom. The molecule has 2 rings (SSSR count). The number of nitrogens with zero attached hydrogens (tertiary/aromatic N) is 1. The SMILES string of the molecule is CCCN(C)c1cc2c(cc1Br)C(NC)C(=O)N2. The lowest BCUT2D eigenvalue weighted by molar-refractivity contribution is -0.117. The molecule has 2 N–H and O–H groups in total. The van der Waals surface area contributed by atoms with Crippen LogP contribution in [-0.4, -0.2) is 26.5 Å². The highest BCUT2D eigenvalue weighted by Gasteiger charge is 2.30. The molecule has 1 aliphatic rings. The quantitative estimate of drug-likeness (QED) is 0.898. The van der Waals surface area contributed by atoms with Gasteiger partial charge >= 0.3 is 0 Å². The Bertz CT molecular complexity index is 476. The van der Waals surface area contributed by atoms with Crippen molar-refractivity contribution in [1.82, 2.24) is 5.32 Å². The Kier molecular flexibility index (Phi) is 3.92. The number of hydrogen-bond acceptors (Lipinski definition) is 3. The van der Waals surface area contributed by atoms with Gasteiger partial charge in [-0.2, -0.15) is 0 Å². The van der Waals surface area contributed by atoms with Crippen molar-refractivity contribution in [2.24, 2.45) is 0 Å². The lowest BCUT2D eigenvalue weighted by atomic mass is 10.1. The van der Waals surface area contributed by atoms with Crippen LogP contribution in [0.3, 0.4) is 0 Å². The fourth-order valence-electron chi connectivity index (χ4n) is 2.31. The molecular weight excluding hydrogens is 294 g/mol. The number of halogens is 1. The van der Waals surface area contributed by atoms with Gasteiger partial charge in [-0.15, -0.1) is 0 Å². The highest BCUT2D eigenvalue weighted by molar-refractivity contribution is 9.10. The van der Waals surface area contributed by atoms with Crippen LogP contribution in [0.1, 0.15) is 24.9 Å². The first-order chi connectivity index (χ1) is 8.58. The molecule has 5 heteroatoms. The predicted octanol–water partition coefficient (Wildman–Crippen LogP) is 2.51. The maximum absolute atomic E-state index is 11.8. The summed E-state index contributed by atoms with van der Waals surface area (Å²) >= 11 is 3.59. The number of likely N-dealkylation sites (N-methyl/N-ethyl adjacent to an activating group) is 1. The van der Waals surface area contributed by atoms with Gasteiger partial charge in [-0.25, -0.2) is 0 Å². The summed E-state index contributed by atoms with van der Waals surface area (Å²) in [6.07, 6.45) is 1.09. The van der Waals surface area contributed by atoms with Crippen LogP contribution in [-0.2, 0) is 4.79 Å². The molecule has 0 bridgehead atoms.